The van der Waals surface area contributed by atoms with E-state index >= 15 is 0 Å². The molecule has 0 aliphatic heterocycles. The third-order valence-electron chi connectivity index (χ3n) is 5.55. The van der Waals surface area contributed by atoms with Crippen molar-refractivity contribution in [3.8, 4) is 0 Å². The Balaban J connectivity index is 1.92. The molecule has 2 heteroatoms. The highest BCUT2D eigenvalue weighted by Crippen LogP contribution is 2.36. The molecule has 1 atom stereocenters. The zero-order valence-electron chi connectivity index (χ0n) is 14.1. The first-order valence-electron chi connectivity index (χ1n) is 9.09. The van der Waals surface area contributed by atoms with Crippen LogP contribution in [-0.2, 0) is 0 Å². The molecule has 2 aliphatic carbocycles. The molecule has 20 heavy (non-hydrogen) atoms. The van der Waals surface area contributed by atoms with Gasteiger partial charge in [0.2, 0.25) is 0 Å². The van der Waals surface area contributed by atoms with E-state index in [0.29, 0.717) is 5.41 Å². The van der Waals surface area contributed by atoms with E-state index in [1.54, 1.807) is 0 Å². The Hall–Kier alpha value is -0.0800. The lowest BCUT2D eigenvalue weighted by atomic mass is 9.79. The van der Waals surface area contributed by atoms with Crippen molar-refractivity contribution >= 4 is 0 Å². The summed E-state index contributed by atoms with van der Waals surface area (Å²) in [5.41, 5.74) is 0.551. The zero-order valence-corrected chi connectivity index (χ0v) is 14.1. The quantitative estimate of drug-likeness (QED) is 0.670. The van der Waals surface area contributed by atoms with Crippen molar-refractivity contribution in [1.29, 1.82) is 0 Å². The average molecular weight is 280 g/mol. The molecule has 2 fully saturated rings. The molecule has 0 aromatic heterocycles. The Morgan fingerprint density at radius 1 is 1.15 bits per heavy atom. The van der Waals surface area contributed by atoms with Crippen LogP contribution in [0.5, 0.6) is 0 Å². The van der Waals surface area contributed by atoms with Gasteiger partial charge in [0.15, 0.2) is 0 Å². The lowest BCUT2D eigenvalue weighted by molar-refractivity contribution is 0.116. The molecule has 2 aliphatic rings. The Morgan fingerprint density at radius 3 is 2.35 bits per heavy atom. The molecule has 118 valence electrons. The van der Waals surface area contributed by atoms with Crippen LogP contribution >= 0.6 is 0 Å². The molecule has 0 saturated heterocycles. The van der Waals surface area contributed by atoms with Gasteiger partial charge in [-0.15, -0.1) is 0 Å². The predicted molar refractivity (Wildman–Crippen MR) is 88.2 cm³/mol. The van der Waals surface area contributed by atoms with Gasteiger partial charge < -0.3 is 10.2 Å². The van der Waals surface area contributed by atoms with Crippen LogP contribution in [0.25, 0.3) is 0 Å². The minimum Gasteiger partial charge on any atom is -0.313 e. The van der Waals surface area contributed by atoms with Gasteiger partial charge in [-0.3, -0.25) is 0 Å². The molecule has 2 rings (SSSR count). The molecule has 0 aromatic carbocycles. The van der Waals surface area contributed by atoms with E-state index in [1.807, 2.05) is 0 Å². The summed E-state index contributed by atoms with van der Waals surface area (Å²) in [5, 5.41) is 3.84. The van der Waals surface area contributed by atoms with Gasteiger partial charge in [0, 0.05) is 25.2 Å². The van der Waals surface area contributed by atoms with Crippen LogP contribution in [-0.4, -0.2) is 37.1 Å². The van der Waals surface area contributed by atoms with Gasteiger partial charge in [-0.25, -0.2) is 0 Å². The van der Waals surface area contributed by atoms with Crippen LogP contribution in [0.2, 0.25) is 0 Å². The molecule has 2 nitrogen and oxygen atoms in total. The van der Waals surface area contributed by atoms with Crippen molar-refractivity contribution in [2.24, 2.45) is 5.41 Å². The molecule has 2 saturated carbocycles. The Bertz CT molecular complexity index is 265. The first-order valence-corrected chi connectivity index (χ1v) is 9.09. The van der Waals surface area contributed by atoms with Crippen LogP contribution in [0.4, 0.5) is 0 Å². The lowest BCUT2D eigenvalue weighted by Gasteiger charge is -2.39. The molecule has 0 spiro atoms. The normalized spacial score (nSPS) is 24.6. The molecule has 0 aromatic rings. The summed E-state index contributed by atoms with van der Waals surface area (Å²) >= 11 is 0. The van der Waals surface area contributed by atoms with E-state index in [4.69, 9.17) is 0 Å². The Morgan fingerprint density at radius 2 is 1.80 bits per heavy atom. The Kier molecular flexibility index (Phi) is 6.35. The topological polar surface area (TPSA) is 15.3 Å². The fourth-order valence-corrected chi connectivity index (χ4v) is 3.84. The maximum atomic E-state index is 3.84. The smallest absolute Gasteiger partial charge is 0.00684 e. The highest BCUT2D eigenvalue weighted by Gasteiger charge is 2.34. The second kappa shape index (κ2) is 7.79. The minimum absolute atomic E-state index is 0.551. The van der Waals surface area contributed by atoms with E-state index < -0.39 is 0 Å². The third-order valence-corrected chi connectivity index (χ3v) is 5.55. The highest BCUT2D eigenvalue weighted by atomic mass is 15.1. The van der Waals surface area contributed by atoms with Gasteiger partial charge in [-0.1, -0.05) is 39.0 Å². The summed E-state index contributed by atoms with van der Waals surface area (Å²) in [6, 6.07) is 1.59. The largest absolute Gasteiger partial charge is 0.313 e. The maximum Gasteiger partial charge on any atom is 0.00684 e. The first kappa shape index (κ1) is 16.3. The second-order valence-electron chi connectivity index (χ2n) is 7.62. The van der Waals surface area contributed by atoms with Gasteiger partial charge in [0.1, 0.15) is 0 Å². The SMILES string of the molecule is CCCC(C)N(C)CC1(CNC2CC2)CCCCCC1. The highest BCUT2D eigenvalue weighted by molar-refractivity contribution is 4.91. The summed E-state index contributed by atoms with van der Waals surface area (Å²) in [6.45, 7) is 7.28. The van der Waals surface area contributed by atoms with E-state index in [2.05, 4.69) is 31.1 Å². The van der Waals surface area contributed by atoms with Gasteiger partial charge >= 0.3 is 0 Å². The number of rotatable bonds is 8. The van der Waals surface area contributed by atoms with Crippen molar-refractivity contribution in [2.75, 3.05) is 20.1 Å². The zero-order chi connectivity index (χ0) is 14.4. The fourth-order valence-electron chi connectivity index (χ4n) is 3.84. The third kappa shape index (κ3) is 5.04. The van der Waals surface area contributed by atoms with Crippen LogP contribution in [0.3, 0.4) is 0 Å². The van der Waals surface area contributed by atoms with Crippen LogP contribution in [0.1, 0.15) is 78.1 Å². The molecule has 0 amide bonds. The number of hydrogen-bond acceptors (Lipinski definition) is 2. The van der Waals surface area contributed by atoms with Crippen molar-refractivity contribution in [2.45, 2.75) is 90.1 Å². The van der Waals surface area contributed by atoms with E-state index in [1.165, 1.54) is 77.3 Å². The molecular formula is C18H36N2. The number of nitrogens with one attached hydrogen (secondary N) is 1. The molecular weight excluding hydrogens is 244 g/mol. The molecule has 0 radical (unpaired) electrons. The van der Waals surface area contributed by atoms with Gasteiger partial charge in [0.05, 0.1) is 0 Å². The van der Waals surface area contributed by atoms with E-state index in [-0.39, 0.29) is 0 Å². The van der Waals surface area contributed by atoms with Gasteiger partial charge in [-0.2, -0.15) is 0 Å². The molecule has 1 unspecified atom stereocenters. The van der Waals surface area contributed by atoms with Crippen molar-refractivity contribution < 1.29 is 0 Å². The second-order valence-corrected chi connectivity index (χ2v) is 7.62. The van der Waals surface area contributed by atoms with E-state index in [0.717, 1.165) is 12.1 Å². The van der Waals surface area contributed by atoms with Gasteiger partial charge in [-0.05, 0) is 51.5 Å². The van der Waals surface area contributed by atoms with Gasteiger partial charge in [0.25, 0.3) is 0 Å². The Labute approximate surface area is 126 Å². The number of hydrogen-bond donors (Lipinski definition) is 1. The maximum absolute atomic E-state index is 3.84. The summed E-state index contributed by atoms with van der Waals surface area (Å²) in [7, 11) is 2.35. The van der Waals surface area contributed by atoms with Crippen LogP contribution in [0, 0.1) is 5.41 Å². The van der Waals surface area contributed by atoms with Crippen molar-refractivity contribution in [1.82, 2.24) is 10.2 Å². The number of nitrogens with zero attached hydrogens (tertiary/aromatic N) is 1. The lowest BCUT2D eigenvalue weighted by Crippen LogP contribution is -2.45. The summed E-state index contributed by atoms with van der Waals surface area (Å²) < 4.78 is 0. The van der Waals surface area contributed by atoms with Crippen molar-refractivity contribution in [3.63, 3.8) is 0 Å². The molecule has 0 heterocycles. The van der Waals surface area contributed by atoms with Crippen LogP contribution in [0.15, 0.2) is 0 Å². The minimum atomic E-state index is 0.551. The van der Waals surface area contributed by atoms with Crippen molar-refractivity contribution in [3.05, 3.63) is 0 Å². The first-order chi connectivity index (χ1) is 9.65. The molecule has 0 bridgehead atoms. The summed E-state index contributed by atoms with van der Waals surface area (Å²) in [5.74, 6) is 0. The van der Waals surface area contributed by atoms with E-state index in [9.17, 15) is 0 Å². The van der Waals surface area contributed by atoms with Crippen LogP contribution < -0.4 is 5.32 Å². The predicted octanol–water partition coefficient (Wildman–Crippen LogP) is 4.20. The average Bonchev–Trinajstić information content (AvgIpc) is 3.24. The molecule has 1 N–H and O–H groups in total. The standard InChI is InChI=1S/C18H36N2/c1-4-9-16(2)20(3)15-18(14-19-17-10-11-17)12-7-5-6-8-13-18/h16-17,19H,4-15H2,1-3H3. The summed E-state index contributed by atoms with van der Waals surface area (Å²) in [4.78, 5) is 2.64. The summed E-state index contributed by atoms with van der Waals surface area (Å²) in [6.07, 6.45) is 14.2. The fraction of sp³-hybridized carbons (Fsp3) is 1.00. The monoisotopic (exact) mass is 280 g/mol.